The summed E-state index contributed by atoms with van der Waals surface area (Å²) in [5.74, 6) is 0.613. The highest BCUT2D eigenvalue weighted by atomic mass is 16.5. The Morgan fingerprint density at radius 1 is 1.47 bits per heavy atom. The van der Waals surface area contributed by atoms with Gasteiger partial charge in [-0.1, -0.05) is 25.1 Å². The summed E-state index contributed by atoms with van der Waals surface area (Å²) in [5, 5.41) is 12.6. The maximum Gasteiger partial charge on any atom is 0.335 e. The van der Waals surface area contributed by atoms with Crippen molar-refractivity contribution in [1.82, 2.24) is 10.1 Å². The Morgan fingerprint density at radius 3 is 2.89 bits per heavy atom. The highest BCUT2D eigenvalue weighted by Gasteiger charge is 2.10. The van der Waals surface area contributed by atoms with Crippen molar-refractivity contribution in [1.29, 1.82) is 0 Å². The summed E-state index contributed by atoms with van der Waals surface area (Å²) in [6.07, 6.45) is 0. The van der Waals surface area contributed by atoms with Crippen molar-refractivity contribution in [3.05, 3.63) is 41.5 Å². The smallest absolute Gasteiger partial charge is 0.335 e. The van der Waals surface area contributed by atoms with Crippen LogP contribution in [0.3, 0.4) is 0 Å². The third-order valence-electron chi connectivity index (χ3n) is 2.43. The number of rotatable bonds is 5. The molecule has 0 amide bonds. The van der Waals surface area contributed by atoms with E-state index in [9.17, 15) is 4.79 Å². The zero-order valence-electron chi connectivity index (χ0n) is 10.7. The highest BCUT2D eigenvalue weighted by Crippen LogP contribution is 2.16. The second kappa shape index (κ2) is 5.51. The number of carboxylic acid groups (broad SMARTS) is 1. The minimum Gasteiger partial charge on any atom is -0.485 e. The van der Waals surface area contributed by atoms with Gasteiger partial charge in [0.25, 0.3) is 0 Å². The van der Waals surface area contributed by atoms with Crippen LogP contribution in [-0.2, 0) is 6.61 Å². The molecule has 0 fully saturated rings. The molecule has 0 saturated heterocycles. The predicted octanol–water partition coefficient (Wildman–Crippen LogP) is 2.47. The normalized spacial score (nSPS) is 10.7. The SMILES string of the molecule is CC(C)c1nc(COc2cccc(C(=O)O)c2)no1. The molecule has 2 rings (SSSR count). The molecule has 0 saturated carbocycles. The van der Waals surface area contributed by atoms with E-state index in [1.54, 1.807) is 12.1 Å². The summed E-state index contributed by atoms with van der Waals surface area (Å²) in [6.45, 7) is 4.04. The molecule has 0 unspecified atom stereocenters. The molecular formula is C13H14N2O4. The van der Waals surface area contributed by atoms with Crippen LogP contribution in [0.25, 0.3) is 0 Å². The van der Waals surface area contributed by atoms with Gasteiger partial charge in [0.15, 0.2) is 6.61 Å². The summed E-state index contributed by atoms with van der Waals surface area (Å²) in [4.78, 5) is 15.0. The number of hydrogen-bond acceptors (Lipinski definition) is 5. The minimum atomic E-state index is -0.993. The number of nitrogens with zero attached hydrogens (tertiary/aromatic N) is 2. The van der Waals surface area contributed by atoms with Crippen LogP contribution in [0.5, 0.6) is 5.75 Å². The predicted molar refractivity (Wildman–Crippen MR) is 66.1 cm³/mol. The molecule has 1 aromatic carbocycles. The summed E-state index contributed by atoms with van der Waals surface area (Å²) in [5.41, 5.74) is 0.175. The Labute approximate surface area is 110 Å². The van der Waals surface area contributed by atoms with Crippen molar-refractivity contribution in [3.8, 4) is 5.75 Å². The summed E-state index contributed by atoms with van der Waals surface area (Å²) in [6, 6.07) is 6.25. The first kappa shape index (κ1) is 13.1. The van der Waals surface area contributed by atoms with Crippen LogP contribution in [0, 0.1) is 0 Å². The molecular weight excluding hydrogens is 248 g/mol. The molecule has 2 aromatic rings. The van der Waals surface area contributed by atoms with Crippen molar-refractivity contribution in [3.63, 3.8) is 0 Å². The Bertz CT molecular complexity index is 578. The number of aromatic nitrogens is 2. The van der Waals surface area contributed by atoms with Crippen LogP contribution >= 0.6 is 0 Å². The van der Waals surface area contributed by atoms with Crippen LogP contribution < -0.4 is 4.74 Å². The van der Waals surface area contributed by atoms with Crippen molar-refractivity contribution in [2.45, 2.75) is 26.4 Å². The molecule has 19 heavy (non-hydrogen) atoms. The van der Waals surface area contributed by atoms with E-state index in [-0.39, 0.29) is 18.1 Å². The average molecular weight is 262 g/mol. The van der Waals surface area contributed by atoms with E-state index in [2.05, 4.69) is 10.1 Å². The van der Waals surface area contributed by atoms with Gasteiger partial charge in [0.05, 0.1) is 5.56 Å². The lowest BCUT2D eigenvalue weighted by Crippen LogP contribution is -2.00. The topological polar surface area (TPSA) is 85.5 Å². The molecule has 0 radical (unpaired) electrons. The first-order valence-corrected chi connectivity index (χ1v) is 5.85. The Hall–Kier alpha value is -2.37. The van der Waals surface area contributed by atoms with Crippen molar-refractivity contribution >= 4 is 5.97 Å². The van der Waals surface area contributed by atoms with Crippen LogP contribution in [0.4, 0.5) is 0 Å². The Balaban J connectivity index is 2.01. The van der Waals surface area contributed by atoms with Crippen LogP contribution in [0.15, 0.2) is 28.8 Å². The second-order valence-corrected chi connectivity index (χ2v) is 4.33. The van der Waals surface area contributed by atoms with Crippen molar-refractivity contribution in [2.24, 2.45) is 0 Å². The van der Waals surface area contributed by atoms with Crippen molar-refractivity contribution in [2.75, 3.05) is 0 Å². The average Bonchev–Trinajstić information content (AvgIpc) is 2.85. The zero-order chi connectivity index (χ0) is 13.8. The number of carboxylic acids is 1. The van der Waals surface area contributed by atoms with E-state index in [4.69, 9.17) is 14.4 Å². The quantitative estimate of drug-likeness (QED) is 0.890. The Kier molecular flexibility index (Phi) is 3.79. The molecule has 1 N–H and O–H groups in total. The standard InChI is InChI=1S/C13H14N2O4/c1-8(2)12-14-11(15-19-12)7-18-10-5-3-4-9(6-10)13(16)17/h3-6,8H,7H2,1-2H3,(H,16,17). The number of benzene rings is 1. The van der Waals surface area contributed by atoms with Gasteiger partial charge in [-0.05, 0) is 18.2 Å². The van der Waals surface area contributed by atoms with E-state index in [1.807, 2.05) is 13.8 Å². The molecule has 0 aliphatic heterocycles. The van der Waals surface area contributed by atoms with E-state index >= 15 is 0 Å². The van der Waals surface area contributed by atoms with Gasteiger partial charge in [0, 0.05) is 5.92 Å². The fourth-order valence-corrected chi connectivity index (χ4v) is 1.43. The number of aromatic carboxylic acids is 1. The third kappa shape index (κ3) is 3.31. The molecule has 6 heteroatoms. The van der Waals surface area contributed by atoms with Gasteiger partial charge < -0.3 is 14.4 Å². The number of carbonyl (C=O) groups is 1. The minimum absolute atomic E-state index is 0.138. The lowest BCUT2D eigenvalue weighted by atomic mass is 10.2. The molecule has 0 atom stereocenters. The van der Waals surface area contributed by atoms with E-state index in [0.29, 0.717) is 17.5 Å². The summed E-state index contributed by atoms with van der Waals surface area (Å²) in [7, 11) is 0. The van der Waals surface area contributed by atoms with Crippen LogP contribution in [0.2, 0.25) is 0 Å². The van der Waals surface area contributed by atoms with Gasteiger partial charge in [0.1, 0.15) is 5.75 Å². The van der Waals surface area contributed by atoms with E-state index < -0.39 is 5.97 Å². The number of ether oxygens (including phenoxy) is 1. The van der Waals surface area contributed by atoms with Gasteiger partial charge >= 0.3 is 5.97 Å². The summed E-state index contributed by atoms with van der Waals surface area (Å²) >= 11 is 0. The van der Waals surface area contributed by atoms with Gasteiger partial charge in [0.2, 0.25) is 11.7 Å². The lowest BCUT2D eigenvalue weighted by molar-refractivity contribution is 0.0696. The lowest BCUT2D eigenvalue weighted by Gasteiger charge is -2.03. The Morgan fingerprint density at radius 2 is 2.26 bits per heavy atom. The van der Waals surface area contributed by atoms with E-state index in [0.717, 1.165) is 0 Å². The number of hydrogen-bond donors (Lipinski definition) is 1. The molecule has 100 valence electrons. The molecule has 0 aliphatic rings. The zero-order valence-corrected chi connectivity index (χ0v) is 10.7. The largest absolute Gasteiger partial charge is 0.485 e. The molecule has 1 aromatic heterocycles. The van der Waals surface area contributed by atoms with Crippen LogP contribution in [0.1, 0.15) is 41.8 Å². The fraction of sp³-hybridized carbons (Fsp3) is 0.308. The molecule has 6 nitrogen and oxygen atoms in total. The second-order valence-electron chi connectivity index (χ2n) is 4.33. The molecule has 0 aliphatic carbocycles. The maximum atomic E-state index is 10.8. The molecule has 0 spiro atoms. The summed E-state index contributed by atoms with van der Waals surface area (Å²) < 4.78 is 10.5. The van der Waals surface area contributed by atoms with Crippen molar-refractivity contribution < 1.29 is 19.2 Å². The monoisotopic (exact) mass is 262 g/mol. The maximum absolute atomic E-state index is 10.8. The molecule has 1 heterocycles. The highest BCUT2D eigenvalue weighted by molar-refractivity contribution is 5.87. The fourth-order valence-electron chi connectivity index (χ4n) is 1.43. The first-order valence-electron chi connectivity index (χ1n) is 5.85. The van der Waals surface area contributed by atoms with Gasteiger partial charge in [-0.25, -0.2) is 4.79 Å². The van der Waals surface area contributed by atoms with E-state index in [1.165, 1.54) is 12.1 Å². The van der Waals surface area contributed by atoms with Gasteiger partial charge in [-0.3, -0.25) is 0 Å². The van der Waals surface area contributed by atoms with Gasteiger partial charge in [-0.2, -0.15) is 4.98 Å². The van der Waals surface area contributed by atoms with Gasteiger partial charge in [-0.15, -0.1) is 0 Å². The van der Waals surface area contributed by atoms with Crippen LogP contribution in [-0.4, -0.2) is 21.2 Å². The molecule has 0 bridgehead atoms. The first-order chi connectivity index (χ1) is 9.06. The third-order valence-corrected chi connectivity index (χ3v) is 2.43.